The fourth-order valence-corrected chi connectivity index (χ4v) is 2.02. The minimum Gasteiger partial charge on any atom is -0.478 e. The molecule has 0 saturated carbocycles. The molecule has 0 bridgehead atoms. The number of hydrogen-bond donors (Lipinski definition) is 4. The third-order valence-electron chi connectivity index (χ3n) is 2.03. The summed E-state index contributed by atoms with van der Waals surface area (Å²) in [6.07, 6.45) is 0. The van der Waals surface area contributed by atoms with Gasteiger partial charge in [-0.3, -0.25) is 0 Å². The molecule has 11 heteroatoms. The van der Waals surface area contributed by atoms with Gasteiger partial charge in [0.15, 0.2) is 0 Å². The molecule has 0 aliphatic heterocycles. The van der Waals surface area contributed by atoms with Gasteiger partial charge < -0.3 is 10.8 Å². The van der Waals surface area contributed by atoms with E-state index in [1.165, 1.54) is 26.2 Å². The highest BCUT2D eigenvalue weighted by atomic mass is 32.2. The summed E-state index contributed by atoms with van der Waals surface area (Å²) in [5, 5.41) is 8.81. The van der Waals surface area contributed by atoms with Crippen molar-refractivity contribution < 1.29 is 32.7 Å². The second kappa shape index (κ2) is 7.27. The second-order valence-corrected chi connectivity index (χ2v) is 6.25. The first-order chi connectivity index (χ1) is 9.00. The van der Waals surface area contributed by atoms with Gasteiger partial charge in [-0.05, 0) is 18.2 Å². The molecular weight excluding hydrogens is 311 g/mol. The topological polar surface area (TPSA) is 158 Å². The summed E-state index contributed by atoms with van der Waals surface area (Å²) in [7, 11) is -3.77. The van der Waals surface area contributed by atoms with Crippen LogP contribution in [0.4, 0.5) is 5.69 Å². The molecule has 0 atom stereocenters. The molecule has 0 heterocycles. The SMILES string of the molecule is CN(C)S(=O)(=O)c1ccc(N)c(C(=O)O)c1.O=[P+](O)O. The van der Waals surface area contributed by atoms with Crippen molar-refractivity contribution in [2.24, 2.45) is 0 Å². The standard InChI is InChI=1S/C9H12N2O4S.HO3P/c1-11(2)16(14,15)6-3-4-8(10)7(5-6)9(12)13;1-4(2)3/h3-5H,10H2,1-2H3,(H,12,13);(H-,1,2,3)/p+1. The lowest BCUT2D eigenvalue weighted by atomic mass is 10.2. The summed E-state index contributed by atoms with van der Waals surface area (Å²) in [5.74, 6) is -1.26. The molecule has 0 aliphatic carbocycles. The van der Waals surface area contributed by atoms with Gasteiger partial charge in [0.1, 0.15) is 0 Å². The molecule has 9 nitrogen and oxygen atoms in total. The summed E-state index contributed by atoms with van der Waals surface area (Å²) < 4.78 is 33.1. The Hall–Kier alpha value is -1.58. The summed E-state index contributed by atoms with van der Waals surface area (Å²) >= 11 is 0. The van der Waals surface area contributed by atoms with Gasteiger partial charge in [0.25, 0.3) is 0 Å². The normalized spacial score (nSPS) is 10.7. The molecule has 5 N–H and O–H groups in total. The largest absolute Gasteiger partial charge is 0.692 e. The van der Waals surface area contributed by atoms with Gasteiger partial charge in [-0.25, -0.2) is 17.5 Å². The van der Waals surface area contributed by atoms with Crippen molar-refractivity contribution in [1.82, 2.24) is 4.31 Å². The first-order valence-electron chi connectivity index (χ1n) is 4.90. The average molecular weight is 325 g/mol. The first-order valence-corrected chi connectivity index (χ1v) is 7.51. The number of rotatable bonds is 3. The van der Waals surface area contributed by atoms with E-state index >= 15 is 0 Å². The number of anilines is 1. The second-order valence-electron chi connectivity index (χ2n) is 3.59. The maximum Gasteiger partial charge on any atom is 0.692 e. The highest BCUT2D eigenvalue weighted by molar-refractivity contribution is 7.89. The Bertz CT molecular complexity index is 611. The molecule has 1 aromatic rings. The number of aromatic carboxylic acids is 1. The van der Waals surface area contributed by atoms with Crippen LogP contribution < -0.4 is 5.73 Å². The molecule has 0 spiro atoms. The van der Waals surface area contributed by atoms with Gasteiger partial charge in [-0.2, -0.15) is 0 Å². The predicted molar refractivity (Wildman–Crippen MR) is 70.7 cm³/mol. The highest BCUT2D eigenvalue weighted by Crippen LogP contribution is 2.19. The molecule has 112 valence electrons. The van der Waals surface area contributed by atoms with Gasteiger partial charge in [0.2, 0.25) is 10.0 Å². The van der Waals surface area contributed by atoms with Crippen molar-refractivity contribution in [3.05, 3.63) is 23.8 Å². The summed E-state index contributed by atoms with van der Waals surface area (Å²) in [4.78, 5) is 24.9. The van der Waals surface area contributed by atoms with Crippen molar-refractivity contribution in [1.29, 1.82) is 0 Å². The summed E-state index contributed by atoms with van der Waals surface area (Å²) in [5.41, 5.74) is 5.23. The quantitative estimate of drug-likeness (QED) is 0.441. The first kappa shape index (κ1) is 18.4. The zero-order valence-corrected chi connectivity index (χ0v) is 12.3. The van der Waals surface area contributed by atoms with Crippen LogP contribution in [0.1, 0.15) is 10.4 Å². The third-order valence-corrected chi connectivity index (χ3v) is 3.84. The maximum absolute atomic E-state index is 11.7. The Morgan fingerprint density at radius 2 is 1.75 bits per heavy atom. The monoisotopic (exact) mass is 325 g/mol. The van der Waals surface area contributed by atoms with E-state index in [4.69, 9.17) is 25.2 Å². The Morgan fingerprint density at radius 1 is 1.30 bits per heavy atom. The van der Waals surface area contributed by atoms with Crippen LogP contribution in [0.15, 0.2) is 23.1 Å². The van der Waals surface area contributed by atoms with Crippen LogP contribution in [0.25, 0.3) is 0 Å². The Morgan fingerprint density at radius 3 is 2.10 bits per heavy atom. The van der Waals surface area contributed by atoms with Crippen molar-refractivity contribution in [3.63, 3.8) is 0 Å². The van der Waals surface area contributed by atoms with Crippen LogP contribution in [0.5, 0.6) is 0 Å². The number of nitrogens with two attached hydrogens (primary N) is 1. The fourth-order valence-electron chi connectivity index (χ4n) is 1.09. The third kappa shape index (κ3) is 5.19. The predicted octanol–water partition coefficient (Wildman–Crippen LogP) is -0.154. The van der Waals surface area contributed by atoms with Gasteiger partial charge >= 0.3 is 14.2 Å². The van der Waals surface area contributed by atoms with Crippen LogP contribution in [0.2, 0.25) is 0 Å². The number of sulfonamides is 1. The van der Waals surface area contributed by atoms with Crippen LogP contribution in [0.3, 0.4) is 0 Å². The molecule has 20 heavy (non-hydrogen) atoms. The van der Waals surface area contributed by atoms with Gasteiger partial charge in [-0.15, -0.1) is 9.79 Å². The van der Waals surface area contributed by atoms with E-state index < -0.39 is 24.2 Å². The highest BCUT2D eigenvalue weighted by Gasteiger charge is 2.19. The number of carbonyl (C=O) groups is 1. The van der Waals surface area contributed by atoms with E-state index in [9.17, 15) is 13.2 Å². The lowest BCUT2D eigenvalue weighted by molar-refractivity contribution is 0.0697. The van der Waals surface area contributed by atoms with E-state index in [1.807, 2.05) is 0 Å². The van der Waals surface area contributed by atoms with Crippen molar-refractivity contribution >= 4 is 29.9 Å². The van der Waals surface area contributed by atoms with Crippen LogP contribution in [0, 0.1) is 0 Å². The number of carboxylic acid groups (broad SMARTS) is 1. The van der Waals surface area contributed by atoms with Crippen LogP contribution in [-0.4, -0.2) is 47.7 Å². The molecule has 0 aliphatic rings. The molecule has 0 saturated heterocycles. The Labute approximate surface area is 116 Å². The minimum atomic E-state index is -3.64. The molecule has 1 aromatic carbocycles. The lowest BCUT2D eigenvalue weighted by Crippen LogP contribution is -2.22. The smallest absolute Gasteiger partial charge is 0.478 e. The van der Waals surface area contributed by atoms with E-state index in [0.29, 0.717) is 0 Å². The fraction of sp³-hybridized carbons (Fsp3) is 0.222. The Balaban J connectivity index is 0.000000796. The van der Waals surface area contributed by atoms with E-state index in [1.54, 1.807) is 0 Å². The van der Waals surface area contributed by atoms with Gasteiger partial charge in [-0.1, -0.05) is 0 Å². The Kier molecular flexibility index (Phi) is 6.69. The molecule has 0 fully saturated rings. The number of nitrogen functional groups attached to an aromatic ring is 1. The zero-order valence-electron chi connectivity index (χ0n) is 10.6. The van der Waals surface area contributed by atoms with Crippen LogP contribution >= 0.6 is 8.25 Å². The van der Waals surface area contributed by atoms with Gasteiger partial charge in [0, 0.05) is 24.3 Å². The number of carboxylic acids is 1. The average Bonchev–Trinajstić information content (AvgIpc) is 2.27. The minimum absolute atomic E-state index is 0.0326. The number of benzene rings is 1. The van der Waals surface area contributed by atoms with Crippen molar-refractivity contribution in [3.8, 4) is 0 Å². The van der Waals surface area contributed by atoms with Crippen LogP contribution in [-0.2, 0) is 14.6 Å². The van der Waals surface area contributed by atoms with E-state index in [-0.39, 0.29) is 16.1 Å². The zero-order chi connectivity index (χ0) is 16.1. The molecule has 1 rings (SSSR count). The number of hydrogen-bond acceptors (Lipinski definition) is 5. The molecular formula is C9H14N2O7PS+. The lowest BCUT2D eigenvalue weighted by Gasteiger charge is -2.12. The van der Waals surface area contributed by atoms with Gasteiger partial charge in [0.05, 0.1) is 10.5 Å². The van der Waals surface area contributed by atoms with Crippen molar-refractivity contribution in [2.45, 2.75) is 4.90 Å². The molecule has 0 unspecified atom stereocenters. The summed E-state index contributed by atoms with van der Waals surface area (Å²) in [6, 6.07) is 3.59. The molecule has 0 amide bonds. The number of nitrogens with zero attached hydrogens (tertiary/aromatic N) is 1. The van der Waals surface area contributed by atoms with E-state index in [0.717, 1.165) is 10.4 Å². The summed E-state index contributed by atoms with van der Waals surface area (Å²) in [6.45, 7) is 0. The van der Waals surface area contributed by atoms with Crippen molar-refractivity contribution in [2.75, 3.05) is 19.8 Å². The molecule has 0 aromatic heterocycles. The van der Waals surface area contributed by atoms with E-state index in [2.05, 4.69) is 0 Å². The maximum atomic E-state index is 11.7. The molecule has 0 radical (unpaired) electrons.